The Balaban J connectivity index is 1.34. The van der Waals surface area contributed by atoms with E-state index >= 15 is 0 Å². The molecule has 8 nitrogen and oxygen atoms in total. The third kappa shape index (κ3) is 10.4. The first-order valence-electron chi connectivity index (χ1n) is 21.9. The highest BCUT2D eigenvalue weighted by Gasteiger charge is 2.51. The van der Waals surface area contributed by atoms with E-state index in [1.165, 1.54) is 9.80 Å². The molecule has 9 aromatic carbocycles. The number of benzene rings is 9. The van der Waals surface area contributed by atoms with Crippen LogP contribution in [0.2, 0.25) is 0 Å². The Bertz CT molecular complexity index is 3130. The van der Waals surface area contributed by atoms with Crippen molar-refractivity contribution in [1.82, 2.24) is 0 Å². The van der Waals surface area contributed by atoms with E-state index in [9.17, 15) is 43.2 Å². The van der Waals surface area contributed by atoms with Crippen LogP contribution in [0.4, 0.5) is 60.5 Å². The minimum absolute atomic E-state index is 0.213. The van der Waals surface area contributed by atoms with Crippen molar-refractivity contribution in [3.8, 4) is 56.0 Å². The highest BCUT2D eigenvalue weighted by molar-refractivity contribution is 7.88. The first-order valence-corrected chi connectivity index (χ1v) is 24.7. The van der Waals surface area contributed by atoms with Crippen LogP contribution >= 0.6 is 0 Å². The molecule has 0 aliphatic rings. The number of nitrogens with zero attached hydrogens (tertiary/aromatic N) is 2. The monoisotopic (exact) mass is 1010 g/mol. The van der Waals surface area contributed by atoms with Crippen molar-refractivity contribution in [2.75, 3.05) is 9.80 Å². The summed E-state index contributed by atoms with van der Waals surface area (Å²) >= 11 is 0. The van der Waals surface area contributed by atoms with Crippen LogP contribution in [-0.2, 0) is 20.2 Å². The number of rotatable bonds is 14. The molecule has 0 aliphatic heterocycles. The first kappa shape index (κ1) is 48.7. The number of hydrogen-bond acceptors (Lipinski definition) is 8. The van der Waals surface area contributed by atoms with Crippen LogP contribution in [0.25, 0.3) is 44.5 Å². The van der Waals surface area contributed by atoms with Gasteiger partial charge in [-0.1, -0.05) is 170 Å². The third-order valence-corrected chi connectivity index (χ3v) is 13.4. The van der Waals surface area contributed by atoms with Crippen LogP contribution in [0.15, 0.2) is 231 Å². The van der Waals surface area contributed by atoms with E-state index in [4.69, 9.17) is 8.37 Å². The minimum atomic E-state index is -6.61. The molecule has 0 spiro atoms. The number of alkyl halides is 6. The molecule has 0 atom stereocenters. The Labute approximate surface area is 411 Å². The van der Waals surface area contributed by atoms with E-state index < -0.39 is 54.1 Å². The Morgan fingerprint density at radius 3 is 0.708 bits per heavy atom. The normalized spacial score (nSPS) is 12.0. The average molecular weight is 1010 g/mol. The zero-order valence-electron chi connectivity index (χ0n) is 37.4. The summed E-state index contributed by atoms with van der Waals surface area (Å²) in [6.07, 6.45) is 0. The quantitative estimate of drug-likeness (QED) is 0.0604. The number of hydrogen-bond donors (Lipinski definition) is 0. The van der Waals surface area contributed by atoms with E-state index in [2.05, 4.69) is 0 Å². The lowest BCUT2D eigenvalue weighted by Crippen LogP contribution is -2.30. The molecule has 0 saturated carbocycles. The van der Waals surface area contributed by atoms with Gasteiger partial charge in [0.15, 0.2) is 11.5 Å². The molecule has 9 aromatic rings. The van der Waals surface area contributed by atoms with E-state index in [-0.39, 0.29) is 22.7 Å². The predicted octanol–water partition coefficient (Wildman–Crippen LogP) is 15.8. The van der Waals surface area contributed by atoms with Gasteiger partial charge in [0.2, 0.25) is 0 Å². The van der Waals surface area contributed by atoms with Gasteiger partial charge in [0.25, 0.3) is 0 Å². The summed E-state index contributed by atoms with van der Waals surface area (Å²) in [7, 11) is -13.2. The third-order valence-electron chi connectivity index (χ3n) is 11.4. The number of halogens is 6. The maximum Gasteiger partial charge on any atom is 0.534 e. The van der Waals surface area contributed by atoms with Crippen molar-refractivity contribution in [2.45, 2.75) is 11.0 Å². The lowest BCUT2D eigenvalue weighted by Gasteiger charge is -2.32. The average Bonchev–Trinajstić information content (AvgIpc) is 3.38. The van der Waals surface area contributed by atoms with E-state index in [1.807, 2.05) is 121 Å². The molecule has 0 amide bonds. The SMILES string of the molecule is O=S(=O)(Oc1cc(OS(=O)(=O)C(F)(F)F)c(N(c2ccc(-c3ccccc3)cc2)c2ccc(-c3ccccc3)cc2)cc1N(c1ccc(-c2ccccc2)cc1)c1ccc(-c2ccccc2)cc1)C(F)(F)F. The van der Waals surface area contributed by atoms with Gasteiger partial charge in [0.1, 0.15) is 0 Å². The van der Waals surface area contributed by atoms with Crippen LogP contribution in [-0.4, -0.2) is 27.9 Å². The summed E-state index contributed by atoms with van der Waals surface area (Å²) in [4.78, 5) is 2.68. The van der Waals surface area contributed by atoms with E-state index in [1.54, 1.807) is 97.1 Å². The maximum absolute atomic E-state index is 14.4. The second kappa shape index (κ2) is 19.8. The summed E-state index contributed by atoms with van der Waals surface area (Å²) in [5, 5.41) is 0. The first-order chi connectivity index (χ1) is 34.5. The molecule has 0 radical (unpaired) electrons. The molecular formula is C56H38F6N2O6S2. The molecule has 9 rings (SSSR count). The van der Waals surface area contributed by atoms with Gasteiger partial charge in [-0.2, -0.15) is 43.2 Å². The Kier molecular flexibility index (Phi) is 13.4. The molecule has 0 fully saturated rings. The molecule has 72 heavy (non-hydrogen) atoms. The Hall–Kier alpha value is -8.34. The van der Waals surface area contributed by atoms with Crippen LogP contribution in [0.5, 0.6) is 11.5 Å². The van der Waals surface area contributed by atoms with Gasteiger partial charge in [-0.05, 0) is 99.1 Å². The maximum atomic E-state index is 14.4. The van der Waals surface area contributed by atoms with Crippen molar-refractivity contribution in [3.63, 3.8) is 0 Å². The van der Waals surface area contributed by atoms with Crippen LogP contribution < -0.4 is 18.2 Å². The Morgan fingerprint density at radius 2 is 0.500 bits per heavy atom. The highest BCUT2D eigenvalue weighted by atomic mass is 32.2. The largest absolute Gasteiger partial charge is 0.534 e. The van der Waals surface area contributed by atoms with Crippen LogP contribution in [0.3, 0.4) is 0 Å². The Morgan fingerprint density at radius 1 is 0.292 bits per heavy atom. The lowest BCUT2D eigenvalue weighted by atomic mass is 10.0. The smallest absolute Gasteiger partial charge is 0.374 e. The summed E-state index contributed by atoms with van der Waals surface area (Å²) < 4.78 is 148. The van der Waals surface area contributed by atoms with Crippen molar-refractivity contribution < 1.29 is 51.5 Å². The number of anilines is 6. The van der Waals surface area contributed by atoms with Crippen molar-refractivity contribution in [3.05, 3.63) is 231 Å². The molecule has 0 N–H and O–H groups in total. The second-order valence-corrected chi connectivity index (χ2v) is 19.2. The summed E-state index contributed by atoms with van der Waals surface area (Å²) in [5.41, 5.74) is -6.11. The van der Waals surface area contributed by atoms with Gasteiger partial charge in [-0.25, -0.2) is 0 Å². The topological polar surface area (TPSA) is 93.2 Å². The summed E-state index contributed by atoms with van der Waals surface area (Å²) in [6.45, 7) is 0. The van der Waals surface area contributed by atoms with Gasteiger partial charge >= 0.3 is 31.3 Å². The zero-order chi connectivity index (χ0) is 50.7. The highest BCUT2D eigenvalue weighted by Crippen LogP contribution is 2.52. The molecular weight excluding hydrogens is 975 g/mol. The fourth-order valence-electron chi connectivity index (χ4n) is 7.94. The lowest BCUT2D eigenvalue weighted by molar-refractivity contribution is -0.0502. The fraction of sp³-hybridized carbons (Fsp3) is 0.0357. The van der Waals surface area contributed by atoms with Gasteiger partial charge in [-0.3, -0.25) is 0 Å². The predicted molar refractivity (Wildman–Crippen MR) is 269 cm³/mol. The van der Waals surface area contributed by atoms with E-state index in [0.29, 0.717) is 6.07 Å². The molecule has 16 heteroatoms. The minimum Gasteiger partial charge on any atom is -0.374 e. The van der Waals surface area contributed by atoms with E-state index in [0.717, 1.165) is 50.6 Å². The second-order valence-electron chi connectivity index (χ2n) is 16.1. The van der Waals surface area contributed by atoms with Gasteiger partial charge in [0.05, 0.1) is 11.4 Å². The van der Waals surface area contributed by atoms with Crippen molar-refractivity contribution in [1.29, 1.82) is 0 Å². The van der Waals surface area contributed by atoms with Gasteiger partial charge < -0.3 is 18.2 Å². The fourth-order valence-corrected chi connectivity index (χ4v) is 8.87. The van der Waals surface area contributed by atoms with Crippen LogP contribution in [0.1, 0.15) is 0 Å². The van der Waals surface area contributed by atoms with Crippen molar-refractivity contribution in [2.24, 2.45) is 0 Å². The molecule has 362 valence electrons. The van der Waals surface area contributed by atoms with Gasteiger partial charge in [-0.15, -0.1) is 0 Å². The molecule has 0 bridgehead atoms. The molecule has 0 aliphatic carbocycles. The molecule has 0 unspecified atom stereocenters. The summed E-state index contributed by atoms with van der Waals surface area (Å²) in [6, 6.07) is 64.8. The zero-order valence-corrected chi connectivity index (χ0v) is 39.0. The summed E-state index contributed by atoms with van der Waals surface area (Å²) in [5.74, 6) is -2.47. The molecule has 0 aromatic heterocycles. The molecule has 0 heterocycles. The van der Waals surface area contributed by atoms with Crippen LogP contribution in [0, 0.1) is 0 Å². The molecule has 0 saturated heterocycles. The van der Waals surface area contributed by atoms with Gasteiger partial charge in [0, 0.05) is 28.8 Å². The van der Waals surface area contributed by atoms with Crippen molar-refractivity contribution >= 4 is 54.4 Å². The standard InChI is InChI=1S/C56H38F6N2O6S2/c57-55(58,59)71(65,66)69-53-38-54(70-72(67,68)56(60,61)62)52(64(49-33-25-45(26-34-49)41-17-9-3-10-18-41)50-35-27-46(28-36-50)42-19-11-4-12-20-42)37-51(53)63(47-29-21-43(22-30-47)39-13-5-1-6-14-39)48-31-23-44(24-32-48)40-15-7-2-8-16-40/h1-38H.